The Hall–Kier alpha value is -3.79. The van der Waals surface area contributed by atoms with Gasteiger partial charge in [0.25, 0.3) is 5.91 Å². The second-order valence-electron chi connectivity index (χ2n) is 6.08. The molecular weight excluding hydrogens is 338 g/mol. The summed E-state index contributed by atoms with van der Waals surface area (Å²) in [5.41, 5.74) is 0.733. The molecule has 0 saturated heterocycles. The average Bonchev–Trinajstić information content (AvgIpc) is 2.69. The predicted molar refractivity (Wildman–Crippen MR) is 107 cm³/mol. The molecule has 0 radical (unpaired) electrons. The number of benzene rings is 4. The Morgan fingerprint density at radius 1 is 0.778 bits per heavy atom. The third-order valence-corrected chi connectivity index (χ3v) is 4.23. The molecule has 0 atom stereocenters. The van der Waals surface area contributed by atoms with Crippen LogP contribution in [0.25, 0.3) is 10.8 Å². The largest absolute Gasteiger partial charge is 0.507 e. The van der Waals surface area contributed by atoms with Crippen LogP contribution in [0.2, 0.25) is 0 Å². The molecule has 4 aromatic rings. The number of carbonyl (C=O) groups is 1. The first-order valence-electron chi connectivity index (χ1n) is 8.56. The summed E-state index contributed by atoms with van der Waals surface area (Å²) < 4.78 is 6.01. The van der Waals surface area contributed by atoms with Crippen molar-refractivity contribution in [2.75, 3.05) is 5.32 Å². The van der Waals surface area contributed by atoms with Crippen LogP contribution >= 0.6 is 0 Å². The zero-order chi connectivity index (χ0) is 18.6. The number of phenols is 1. The van der Waals surface area contributed by atoms with Crippen molar-refractivity contribution in [2.24, 2.45) is 0 Å². The Morgan fingerprint density at radius 2 is 1.48 bits per heavy atom. The van der Waals surface area contributed by atoms with Crippen molar-refractivity contribution in [1.82, 2.24) is 0 Å². The standard InChI is InChI=1S/C23H17NO3/c25-21-11-5-3-9-19(21)23(26)24-20-10-4-6-12-22(20)27-18-14-13-16-7-1-2-8-17(16)15-18/h1-15,25H,(H,24,26). The normalized spacial score (nSPS) is 10.5. The van der Waals surface area contributed by atoms with Gasteiger partial charge < -0.3 is 15.2 Å². The van der Waals surface area contributed by atoms with Gasteiger partial charge in [0.05, 0.1) is 11.3 Å². The first kappa shape index (κ1) is 16.7. The second-order valence-corrected chi connectivity index (χ2v) is 6.08. The third-order valence-electron chi connectivity index (χ3n) is 4.23. The highest BCUT2D eigenvalue weighted by atomic mass is 16.5. The van der Waals surface area contributed by atoms with Gasteiger partial charge in [0, 0.05) is 0 Å². The van der Waals surface area contributed by atoms with E-state index in [1.165, 1.54) is 6.07 Å². The molecule has 0 bridgehead atoms. The molecule has 0 heterocycles. The molecule has 4 nitrogen and oxygen atoms in total. The lowest BCUT2D eigenvalue weighted by molar-refractivity contribution is 0.102. The summed E-state index contributed by atoms with van der Waals surface area (Å²) in [6, 6.07) is 27.5. The van der Waals surface area contributed by atoms with Crippen molar-refractivity contribution in [3.63, 3.8) is 0 Å². The first-order valence-corrected chi connectivity index (χ1v) is 8.56. The molecule has 0 saturated carbocycles. The number of amides is 1. The van der Waals surface area contributed by atoms with Crippen LogP contribution in [0.1, 0.15) is 10.4 Å². The number of carbonyl (C=O) groups excluding carboxylic acids is 1. The van der Waals surface area contributed by atoms with Crippen LogP contribution in [-0.4, -0.2) is 11.0 Å². The summed E-state index contributed by atoms with van der Waals surface area (Å²) in [7, 11) is 0. The Kier molecular flexibility index (Phi) is 4.45. The van der Waals surface area contributed by atoms with Crippen molar-refractivity contribution in [3.8, 4) is 17.2 Å². The highest BCUT2D eigenvalue weighted by molar-refractivity contribution is 6.06. The second kappa shape index (κ2) is 7.22. The summed E-state index contributed by atoms with van der Waals surface area (Å²) >= 11 is 0. The number of anilines is 1. The Morgan fingerprint density at radius 3 is 2.33 bits per heavy atom. The van der Waals surface area contributed by atoms with E-state index in [-0.39, 0.29) is 11.3 Å². The van der Waals surface area contributed by atoms with Crippen molar-refractivity contribution >= 4 is 22.4 Å². The van der Waals surface area contributed by atoms with E-state index in [2.05, 4.69) is 5.32 Å². The molecule has 0 unspecified atom stereocenters. The van der Waals surface area contributed by atoms with Crippen molar-refractivity contribution < 1.29 is 14.6 Å². The van der Waals surface area contributed by atoms with Crippen LogP contribution in [-0.2, 0) is 0 Å². The van der Waals surface area contributed by atoms with Crippen LogP contribution in [0.4, 0.5) is 5.69 Å². The number of hydrogen-bond acceptors (Lipinski definition) is 3. The van der Waals surface area contributed by atoms with Crippen LogP contribution in [0, 0.1) is 0 Å². The molecule has 2 N–H and O–H groups in total. The molecular formula is C23H17NO3. The number of phenolic OH excluding ortho intramolecular Hbond substituents is 1. The van der Waals surface area contributed by atoms with Gasteiger partial charge in [-0.05, 0) is 47.2 Å². The quantitative estimate of drug-likeness (QED) is 0.502. The lowest BCUT2D eigenvalue weighted by atomic mass is 10.1. The summed E-state index contributed by atoms with van der Waals surface area (Å²) in [4.78, 5) is 12.5. The van der Waals surface area contributed by atoms with E-state index in [0.717, 1.165) is 10.8 Å². The zero-order valence-electron chi connectivity index (χ0n) is 14.4. The molecule has 0 aliphatic rings. The summed E-state index contributed by atoms with van der Waals surface area (Å²) in [6.07, 6.45) is 0. The fourth-order valence-corrected chi connectivity index (χ4v) is 2.87. The SMILES string of the molecule is O=C(Nc1ccccc1Oc1ccc2ccccc2c1)c1ccccc1O. The maximum atomic E-state index is 12.5. The monoisotopic (exact) mass is 355 g/mol. The van der Waals surface area contributed by atoms with E-state index >= 15 is 0 Å². The summed E-state index contributed by atoms with van der Waals surface area (Å²) in [5.74, 6) is 0.736. The molecule has 4 heteroatoms. The van der Waals surface area contributed by atoms with Gasteiger partial charge in [-0.1, -0.05) is 54.6 Å². The molecule has 0 fully saturated rings. The van der Waals surface area contributed by atoms with E-state index in [9.17, 15) is 9.90 Å². The van der Waals surface area contributed by atoms with Crippen LogP contribution in [0.15, 0.2) is 91.0 Å². The summed E-state index contributed by atoms with van der Waals surface area (Å²) in [6.45, 7) is 0. The molecule has 4 aromatic carbocycles. The van der Waals surface area contributed by atoms with E-state index < -0.39 is 5.91 Å². The molecule has 1 amide bonds. The fourth-order valence-electron chi connectivity index (χ4n) is 2.87. The minimum atomic E-state index is -0.400. The minimum Gasteiger partial charge on any atom is -0.507 e. The zero-order valence-corrected chi connectivity index (χ0v) is 14.4. The molecule has 0 aliphatic carbocycles. The Balaban J connectivity index is 1.61. The highest BCUT2D eigenvalue weighted by Crippen LogP contribution is 2.31. The lowest BCUT2D eigenvalue weighted by Gasteiger charge is -2.13. The van der Waals surface area contributed by atoms with Crippen LogP contribution < -0.4 is 10.1 Å². The average molecular weight is 355 g/mol. The van der Waals surface area contributed by atoms with E-state index in [0.29, 0.717) is 17.2 Å². The number of nitrogens with one attached hydrogen (secondary N) is 1. The molecule has 0 aliphatic heterocycles. The Labute approximate surface area is 156 Å². The number of para-hydroxylation sites is 3. The molecule has 0 spiro atoms. The highest BCUT2D eigenvalue weighted by Gasteiger charge is 2.13. The topological polar surface area (TPSA) is 58.6 Å². The fraction of sp³-hybridized carbons (Fsp3) is 0. The van der Waals surface area contributed by atoms with E-state index in [1.807, 2.05) is 54.6 Å². The van der Waals surface area contributed by atoms with Gasteiger partial charge in [0.2, 0.25) is 0 Å². The van der Waals surface area contributed by atoms with Gasteiger partial charge in [-0.25, -0.2) is 0 Å². The number of aromatic hydroxyl groups is 1. The number of rotatable bonds is 4. The maximum absolute atomic E-state index is 12.5. The number of ether oxygens (including phenoxy) is 1. The van der Waals surface area contributed by atoms with Gasteiger partial charge in [-0.3, -0.25) is 4.79 Å². The van der Waals surface area contributed by atoms with Gasteiger partial charge in [0.15, 0.2) is 5.75 Å². The van der Waals surface area contributed by atoms with Crippen LogP contribution in [0.3, 0.4) is 0 Å². The van der Waals surface area contributed by atoms with Crippen molar-refractivity contribution in [3.05, 3.63) is 96.6 Å². The first-order chi connectivity index (χ1) is 13.2. The van der Waals surface area contributed by atoms with Gasteiger partial charge in [-0.15, -0.1) is 0 Å². The number of hydrogen-bond donors (Lipinski definition) is 2. The third kappa shape index (κ3) is 3.60. The minimum absolute atomic E-state index is 0.0667. The predicted octanol–water partition coefficient (Wildman–Crippen LogP) is 5.59. The number of fused-ring (bicyclic) bond motifs is 1. The molecule has 0 aromatic heterocycles. The lowest BCUT2D eigenvalue weighted by Crippen LogP contribution is -2.12. The van der Waals surface area contributed by atoms with Crippen molar-refractivity contribution in [1.29, 1.82) is 0 Å². The van der Waals surface area contributed by atoms with E-state index in [1.54, 1.807) is 30.3 Å². The maximum Gasteiger partial charge on any atom is 0.259 e. The Bertz CT molecular complexity index is 1120. The molecule has 4 rings (SSSR count). The van der Waals surface area contributed by atoms with Gasteiger partial charge >= 0.3 is 0 Å². The van der Waals surface area contributed by atoms with Crippen LogP contribution in [0.5, 0.6) is 17.2 Å². The van der Waals surface area contributed by atoms with E-state index in [4.69, 9.17) is 4.74 Å². The van der Waals surface area contributed by atoms with Crippen molar-refractivity contribution in [2.45, 2.75) is 0 Å². The van der Waals surface area contributed by atoms with Gasteiger partial charge in [-0.2, -0.15) is 0 Å². The smallest absolute Gasteiger partial charge is 0.259 e. The molecule has 27 heavy (non-hydrogen) atoms. The molecule has 132 valence electrons. The summed E-state index contributed by atoms with van der Waals surface area (Å²) in [5, 5.41) is 14.9. The van der Waals surface area contributed by atoms with Gasteiger partial charge in [0.1, 0.15) is 11.5 Å².